The van der Waals surface area contributed by atoms with E-state index in [1.54, 1.807) is 6.92 Å². The molecule has 0 aliphatic carbocycles. The molecule has 156 valence electrons. The van der Waals surface area contributed by atoms with Crippen molar-refractivity contribution >= 4 is 17.3 Å². The standard InChI is InChI=1S/C22H29N3O4/c1-3-29-22(28)17-10-7-12-25(15-17)19-18(20(26)21(19)27)23-11-13-24(2)14-16-8-5-4-6-9-16/h4-6,8-9,17,23H,3,7,10-15H2,1-2H3/t17-/m1/s1. The maximum atomic E-state index is 12.2. The zero-order valence-corrected chi connectivity index (χ0v) is 17.1. The van der Waals surface area contributed by atoms with Crippen LogP contribution in [0.25, 0.3) is 0 Å². The lowest BCUT2D eigenvalue weighted by atomic mass is 9.96. The van der Waals surface area contributed by atoms with Crippen LogP contribution in [0.5, 0.6) is 0 Å². The van der Waals surface area contributed by atoms with Gasteiger partial charge in [0, 0.05) is 32.7 Å². The molecular formula is C22H29N3O4. The first-order valence-corrected chi connectivity index (χ1v) is 10.2. The fourth-order valence-electron chi connectivity index (χ4n) is 3.82. The van der Waals surface area contributed by atoms with Crippen LogP contribution in [-0.2, 0) is 16.1 Å². The van der Waals surface area contributed by atoms with Crippen molar-refractivity contribution in [2.24, 2.45) is 5.92 Å². The lowest BCUT2D eigenvalue weighted by Crippen LogP contribution is -2.48. The number of esters is 1. The summed E-state index contributed by atoms with van der Waals surface area (Å²) in [6.45, 7) is 5.34. The Balaban J connectivity index is 1.56. The maximum Gasteiger partial charge on any atom is 0.310 e. The van der Waals surface area contributed by atoms with E-state index in [0.717, 1.165) is 25.9 Å². The maximum absolute atomic E-state index is 12.2. The van der Waals surface area contributed by atoms with Crippen molar-refractivity contribution in [3.63, 3.8) is 0 Å². The minimum absolute atomic E-state index is 0.229. The third-order valence-corrected chi connectivity index (χ3v) is 5.33. The summed E-state index contributed by atoms with van der Waals surface area (Å²) in [5.41, 5.74) is 1.10. The molecule has 0 unspecified atom stereocenters. The van der Waals surface area contributed by atoms with Gasteiger partial charge in [-0.05, 0) is 32.4 Å². The number of hydrogen-bond acceptors (Lipinski definition) is 7. The lowest BCUT2D eigenvalue weighted by Gasteiger charge is -2.34. The SMILES string of the molecule is CCOC(=O)[C@@H]1CCCN(c2c(NCCN(C)Cc3ccccc3)c(=O)c2=O)C1. The van der Waals surface area contributed by atoms with E-state index in [1.807, 2.05) is 30.1 Å². The van der Waals surface area contributed by atoms with Crippen molar-refractivity contribution in [1.82, 2.24) is 4.90 Å². The molecule has 7 heteroatoms. The summed E-state index contributed by atoms with van der Waals surface area (Å²) in [6.07, 6.45) is 1.54. The van der Waals surface area contributed by atoms with Gasteiger partial charge in [0.2, 0.25) is 0 Å². The third kappa shape index (κ3) is 5.03. The molecule has 2 aromatic carbocycles. The van der Waals surface area contributed by atoms with Gasteiger partial charge < -0.3 is 19.9 Å². The molecule has 0 amide bonds. The zero-order valence-electron chi connectivity index (χ0n) is 17.1. The second-order valence-electron chi connectivity index (χ2n) is 7.57. The van der Waals surface area contributed by atoms with Gasteiger partial charge in [0.15, 0.2) is 0 Å². The number of nitrogens with zero attached hydrogens (tertiary/aromatic N) is 2. The first-order valence-electron chi connectivity index (χ1n) is 10.2. The molecule has 1 heterocycles. The number of hydrogen-bond donors (Lipinski definition) is 1. The molecule has 2 aromatic rings. The Kier molecular flexibility index (Phi) is 7.04. The molecule has 0 saturated carbocycles. The zero-order chi connectivity index (χ0) is 20.8. The van der Waals surface area contributed by atoms with Gasteiger partial charge in [0.1, 0.15) is 11.4 Å². The van der Waals surface area contributed by atoms with Gasteiger partial charge in [-0.25, -0.2) is 0 Å². The number of likely N-dealkylation sites (N-methyl/N-ethyl adjacent to an activating group) is 1. The summed E-state index contributed by atoms with van der Waals surface area (Å²) in [6, 6.07) is 10.2. The van der Waals surface area contributed by atoms with E-state index in [0.29, 0.717) is 37.6 Å². The van der Waals surface area contributed by atoms with Crippen molar-refractivity contribution in [3.05, 3.63) is 56.3 Å². The largest absolute Gasteiger partial charge is 0.466 e. The minimum Gasteiger partial charge on any atom is -0.466 e. The Morgan fingerprint density at radius 3 is 2.72 bits per heavy atom. The summed E-state index contributed by atoms with van der Waals surface area (Å²) < 4.78 is 5.12. The van der Waals surface area contributed by atoms with Crippen LogP contribution in [0.1, 0.15) is 25.3 Å². The summed E-state index contributed by atoms with van der Waals surface area (Å²) in [4.78, 5) is 40.4. The van der Waals surface area contributed by atoms with Crippen LogP contribution in [0.3, 0.4) is 0 Å². The fraction of sp³-hybridized carbons (Fsp3) is 0.500. The molecular weight excluding hydrogens is 370 g/mol. The van der Waals surface area contributed by atoms with Crippen molar-refractivity contribution in [3.8, 4) is 0 Å². The summed E-state index contributed by atoms with van der Waals surface area (Å²) >= 11 is 0. The van der Waals surface area contributed by atoms with E-state index >= 15 is 0 Å². The predicted octanol–water partition coefficient (Wildman–Crippen LogP) is 1.61. The van der Waals surface area contributed by atoms with Gasteiger partial charge in [0.25, 0.3) is 10.9 Å². The number of rotatable bonds is 9. The van der Waals surface area contributed by atoms with Gasteiger partial charge in [-0.2, -0.15) is 0 Å². The molecule has 1 saturated heterocycles. The number of carbonyl (C=O) groups is 1. The van der Waals surface area contributed by atoms with Crippen LogP contribution < -0.4 is 21.1 Å². The molecule has 1 aliphatic rings. The summed E-state index contributed by atoms with van der Waals surface area (Å²) in [5, 5.41) is 3.14. The van der Waals surface area contributed by atoms with Gasteiger partial charge in [-0.1, -0.05) is 30.3 Å². The predicted molar refractivity (Wildman–Crippen MR) is 114 cm³/mol. The molecule has 3 rings (SSSR count). The van der Waals surface area contributed by atoms with Gasteiger partial charge in [0.05, 0.1) is 12.5 Å². The number of carbonyl (C=O) groups excluding carboxylic acids is 1. The Bertz CT molecular complexity index is 889. The highest BCUT2D eigenvalue weighted by Gasteiger charge is 2.32. The van der Waals surface area contributed by atoms with Crippen LogP contribution in [-0.4, -0.2) is 50.7 Å². The van der Waals surface area contributed by atoms with E-state index in [9.17, 15) is 14.4 Å². The molecule has 0 spiro atoms. The number of anilines is 2. The second-order valence-corrected chi connectivity index (χ2v) is 7.57. The van der Waals surface area contributed by atoms with E-state index < -0.39 is 10.9 Å². The Labute approximate surface area is 171 Å². The summed E-state index contributed by atoms with van der Waals surface area (Å²) in [7, 11) is 2.02. The van der Waals surface area contributed by atoms with E-state index in [1.165, 1.54) is 5.56 Å². The second kappa shape index (κ2) is 9.69. The van der Waals surface area contributed by atoms with Crippen LogP contribution >= 0.6 is 0 Å². The van der Waals surface area contributed by atoms with Crippen molar-refractivity contribution < 1.29 is 9.53 Å². The van der Waals surface area contributed by atoms with E-state index in [4.69, 9.17) is 4.74 Å². The smallest absolute Gasteiger partial charge is 0.310 e. The molecule has 1 N–H and O–H groups in total. The highest BCUT2D eigenvalue weighted by Crippen LogP contribution is 2.26. The van der Waals surface area contributed by atoms with E-state index in [-0.39, 0.29) is 11.9 Å². The quantitative estimate of drug-likeness (QED) is 0.507. The van der Waals surface area contributed by atoms with Crippen molar-refractivity contribution in [1.29, 1.82) is 0 Å². The fourth-order valence-corrected chi connectivity index (χ4v) is 3.82. The number of benzene rings is 1. The van der Waals surface area contributed by atoms with Crippen LogP contribution in [0.15, 0.2) is 39.9 Å². The minimum atomic E-state index is -0.469. The normalized spacial score (nSPS) is 16.9. The average Bonchev–Trinajstić information content (AvgIpc) is 2.73. The van der Waals surface area contributed by atoms with Gasteiger partial charge in [-0.3, -0.25) is 14.4 Å². The highest BCUT2D eigenvalue weighted by molar-refractivity contribution is 5.78. The van der Waals surface area contributed by atoms with Crippen LogP contribution in [0.2, 0.25) is 0 Å². The molecule has 0 aromatic heterocycles. The topological polar surface area (TPSA) is 79.0 Å². The first kappa shape index (κ1) is 21.0. The number of piperidine rings is 1. The average molecular weight is 399 g/mol. The lowest BCUT2D eigenvalue weighted by molar-refractivity contribution is -0.148. The summed E-state index contributed by atoms with van der Waals surface area (Å²) in [5.74, 6) is -0.481. The monoisotopic (exact) mass is 399 g/mol. The van der Waals surface area contributed by atoms with Crippen LogP contribution in [0, 0.1) is 5.92 Å². The molecule has 7 nitrogen and oxygen atoms in total. The third-order valence-electron chi connectivity index (χ3n) is 5.33. The van der Waals surface area contributed by atoms with Crippen molar-refractivity contribution in [2.45, 2.75) is 26.3 Å². The van der Waals surface area contributed by atoms with Crippen LogP contribution in [0.4, 0.5) is 11.4 Å². The molecule has 0 radical (unpaired) electrons. The molecule has 29 heavy (non-hydrogen) atoms. The Morgan fingerprint density at radius 2 is 2.00 bits per heavy atom. The first-order chi connectivity index (χ1) is 14.0. The van der Waals surface area contributed by atoms with Gasteiger partial charge >= 0.3 is 5.97 Å². The molecule has 1 fully saturated rings. The van der Waals surface area contributed by atoms with Gasteiger partial charge in [-0.15, -0.1) is 0 Å². The Hall–Kier alpha value is -2.67. The molecule has 0 bridgehead atoms. The van der Waals surface area contributed by atoms with Crippen molar-refractivity contribution in [2.75, 3.05) is 50.1 Å². The number of nitrogens with one attached hydrogen (secondary N) is 1. The van der Waals surface area contributed by atoms with E-state index in [2.05, 4.69) is 22.3 Å². The highest BCUT2D eigenvalue weighted by atomic mass is 16.5. The molecule has 1 atom stereocenters. The Morgan fingerprint density at radius 1 is 1.24 bits per heavy atom. The number of ether oxygens (including phenoxy) is 1. The molecule has 1 aliphatic heterocycles.